The largest absolute Gasteiger partial charge is 0.480 e. The Morgan fingerprint density at radius 1 is 1.24 bits per heavy atom. The van der Waals surface area contributed by atoms with Crippen LogP contribution in [0.15, 0.2) is 24.3 Å². The Morgan fingerprint density at radius 2 is 1.76 bits per heavy atom. The fourth-order valence-electron chi connectivity index (χ4n) is 2.69. The lowest BCUT2D eigenvalue weighted by Gasteiger charge is -2.30. The first-order valence-corrected chi connectivity index (χ1v) is 7.32. The van der Waals surface area contributed by atoms with Crippen molar-refractivity contribution >= 4 is 17.6 Å². The molecular weight excluding hydrogens is 268 g/mol. The van der Waals surface area contributed by atoms with E-state index in [1.807, 2.05) is 12.1 Å². The summed E-state index contributed by atoms with van der Waals surface area (Å²) in [6, 6.07) is 7.24. The molecule has 0 spiro atoms. The molecule has 1 saturated carbocycles. The zero-order valence-corrected chi connectivity index (χ0v) is 12.5. The van der Waals surface area contributed by atoms with Crippen molar-refractivity contribution in [3.8, 4) is 0 Å². The molecule has 1 aliphatic carbocycles. The van der Waals surface area contributed by atoms with E-state index < -0.39 is 16.9 Å². The third-order valence-corrected chi connectivity index (χ3v) is 4.62. The van der Waals surface area contributed by atoms with Crippen LogP contribution in [0.4, 0.5) is 5.69 Å². The molecule has 21 heavy (non-hydrogen) atoms. The van der Waals surface area contributed by atoms with Gasteiger partial charge in [0.2, 0.25) is 5.91 Å². The fraction of sp³-hybridized carbons (Fsp3) is 0.500. The normalized spacial score (nSPS) is 16.3. The second-order valence-electron chi connectivity index (χ2n) is 5.75. The van der Waals surface area contributed by atoms with Crippen molar-refractivity contribution in [3.05, 3.63) is 29.8 Å². The maximum absolute atomic E-state index is 12.6. The van der Waals surface area contributed by atoms with Crippen molar-refractivity contribution in [2.24, 2.45) is 0 Å². The van der Waals surface area contributed by atoms with Crippen molar-refractivity contribution < 1.29 is 14.7 Å². The van der Waals surface area contributed by atoms with Gasteiger partial charge in [-0.25, -0.2) is 4.79 Å². The van der Waals surface area contributed by atoms with Gasteiger partial charge in [0.25, 0.3) is 0 Å². The van der Waals surface area contributed by atoms with Crippen LogP contribution in [0.25, 0.3) is 0 Å². The number of aliphatic carboxylic acids is 1. The predicted octanol–water partition coefficient (Wildman–Crippen LogP) is 2.06. The van der Waals surface area contributed by atoms with E-state index in [9.17, 15) is 14.7 Å². The van der Waals surface area contributed by atoms with E-state index in [0.29, 0.717) is 18.5 Å². The number of benzene rings is 1. The number of rotatable bonds is 6. The number of carboxylic acid groups (broad SMARTS) is 1. The maximum atomic E-state index is 12.6. The average molecular weight is 290 g/mol. The molecule has 4 N–H and O–H groups in total. The van der Waals surface area contributed by atoms with Crippen LogP contribution >= 0.6 is 0 Å². The number of carboxylic acids is 1. The molecule has 2 rings (SSSR count). The second kappa shape index (κ2) is 5.39. The van der Waals surface area contributed by atoms with Gasteiger partial charge >= 0.3 is 5.97 Å². The Balaban J connectivity index is 2.23. The minimum absolute atomic E-state index is 0.196. The monoisotopic (exact) mass is 290 g/mol. The van der Waals surface area contributed by atoms with Crippen LogP contribution in [0.1, 0.15) is 45.1 Å². The summed E-state index contributed by atoms with van der Waals surface area (Å²) < 4.78 is 0. The average Bonchev–Trinajstić information content (AvgIpc) is 3.26. The van der Waals surface area contributed by atoms with Gasteiger partial charge in [0, 0.05) is 5.69 Å². The lowest BCUT2D eigenvalue weighted by molar-refractivity contribution is -0.148. The highest BCUT2D eigenvalue weighted by atomic mass is 16.4. The van der Waals surface area contributed by atoms with E-state index in [-0.39, 0.29) is 5.91 Å². The van der Waals surface area contributed by atoms with Crippen molar-refractivity contribution in [2.45, 2.75) is 50.5 Å². The van der Waals surface area contributed by atoms with Crippen LogP contribution in [0.2, 0.25) is 0 Å². The van der Waals surface area contributed by atoms with Gasteiger partial charge in [-0.05, 0) is 43.4 Å². The minimum atomic E-state index is -1.18. The van der Waals surface area contributed by atoms with Gasteiger partial charge in [-0.15, -0.1) is 0 Å². The number of nitrogen functional groups attached to an aromatic ring is 1. The molecule has 1 fully saturated rings. The smallest absolute Gasteiger partial charge is 0.329 e. The van der Waals surface area contributed by atoms with Gasteiger partial charge in [-0.2, -0.15) is 0 Å². The molecule has 5 heteroatoms. The van der Waals surface area contributed by atoms with Gasteiger partial charge in [-0.1, -0.05) is 26.0 Å². The number of anilines is 1. The van der Waals surface area contributed by atoms with Gasteiger partial charge in [0.05, 0.1) is 5.41 Å². The molecule has 5 nitrogen and oxygen atoms in total. The molecule has 0 radical (unpaired) electrons. The van der Waals surface area contributed by atoms with E-state index in [2.05, 4.69) is 5.32 Å². The number of hydrogen-bond donors (Lipinski definition) is 3. The topological polar surface area (TPSA) is 92.4 Å². The molecule has 0 saturated heterocycles. The van der Waals surface area contributed by atoms with E-state index in [1.54, 1.807) is 26.0 Å². The van der Waals surface area contributed by atoms with Crippen molar-refractivity contribution in [1.82, 2.24) is 5.32 Å². The van der Waals surface area contributed by atoms with Crippen LogP contribution in [-0.2, 0) is 15.0 Å². The van der Waals surface area contributed by atoms with Crippen LogP contribution in [-0.4, -0.2) is 22.5 Å². The predicted molar refractivity (Wildman–Crippen MR) is 80.9 cm³/mol. The molecule has 0 heterocycles. The maximum Gasteiger partial charge on any atom is 0.329 e. The summed E-state index contributed by atoms with van der Waals surface area (Å²) in [4.78, 5) is 24.2. The Bertz CT molecular complexity index is 543. The van der Waals surface area contributed by atoms with Crippen LogP contribution in [0.5, 0.6) is 0 Å². The molecule has 0 atom stereocenters. The summed E-state index contributed by atoms with van der Waals surface area (Å²) in [6.07, 6.45) is 2.21. The molecule has 114 valence electrons. The van der Waals surface area contributed by atoms with E-state index >= 15 is 0 Å². The Morgan fingerprint density at radius 3 is 2.14 bits per heavy atom. The standard InChI is InChI=1S/C16H22N2O3/c1-3-16(4-2,14(20)21)18-13(19)15(9-10-15)11-5-7-12(17)8-6-11/h5-8H,3-4,9-10,17H2,1-2H3,(H,18,19)(H,20,21). The Kier molecular flexibility index (Phi) is 3.94. The van der Waals surface area contributed by atoms with Gasteiger partial charge < -0.3 is 16.2 Å². The highest BCUT2D eigenvalue weighted by molar-refractivity contribution is 5.95. The Hall–Kier alpha value is -2.04. The minimum Gasteiger partial charge on any atom is -0.480 e. The van der Waals surface area contributed by atoms with Gasteiger partial charge in [0.15, 0.2) is 0 Å². The molecule has 0 aromatic heterocycles. The summed E-state index contributed by atoms with van der Waals surface area (Å²) in [5.41, 5.74) is 5.46. The number of hydrogen-bond acceptors (Lipinski definition) is 3. The zero-order chi connectivity index (χ0) is 15.7. The molecule has 0 unspecified atom stereocenters. The number of nitrogens with one attached hydrogen (secondary N) is 1. The molecule has 1 aromatic rings. The van der Waals surface area contributed by atoms with Crippen LogP contribution in [0.3, 0.4) is 0 Å². The summed E-state index contributed by atoms with van der Waals surface area (Å²) in [7, 11) is 0. The summed E-state index contributed by atoms with van der Waals surface area (Å²) in [5.74, 6) is -1.17. The molecule has 0 aliphatic heterocycles. The number of nitrogens with two attached hydrogens (primary N) is 1. The van der Waals surface area contributed by atoms with E-state index in [0.717, 1.165) is 18.4 Å². The molecule has 1 aliphatic rings. The molecule has 1 amide bonds. The zero-order valence-electron chi connectivity index (χ0n) is 12.5. The summed E-state index contributed by atoms with van der Waals surface area (Å²) >= 11 is 0. The molecule has 1 aromatic carbocycles. The number of amides is 1. The summed E-state index contributed by atoms with van der Waals surface area (Å²) in [5, 5.41) is 12.2. The van der Waals surface area contributed by atoms with Crippen molar-refractivity contribution in [2.75, 3.05) is 5.73 Å². The molecule has 0 bridgehead atoms. The first kappa shape index (κ1) is 15.4. The number of carbonyl (C=O) groups is 2. The second-order valence-corrected chi connectivity index (χ2v) is 5.75. The van der Waals surface area contributed by atoms with E-state index in [1.165, 1.54) is 0 Å². The Labute approximate surface area is 124 Å². The van der Waals surface area contributed by atoms with Gasteiger partial charge in [0.1, 0.15) is 5.54 Å². The lowest BCUT2D eigenvalue weighted by Crippen LogP contribution is -2.56. The fourth-order valence-corrected chi connectivity index (χ4v) is 2.69. The van der Waals surface area contributed by atoms with Crippen LogP contribution < -0.4 is 11.1 Å². The number of carbonyl (C=O) groups excluding carboxylic acids is 1. The van der Waals surface area contributed by atoms with Crippen LogP contribution in [0, 0.1) is 0 Å². The van der Waals surface area contributed by atoms with Crippen molar-refractivity contribution in [1.29, 1.82) is 0 Å². The third kappa shape index (κ3) is 2.60. The summed E-state index contributed by atoms with van der Waals surface area (Å²) in [6.45, 7) is 3.56. The third-order valence-electron chi connectivity index (χ3n) is 4.62. The lowest BCUT2D eigenvalue weighted by atomic mass is 9.89. The quantitative estimate of drug-likeness (QED) is 0.699. The van der Waals surface area contributed by atoms with E-state index in [4.69, 9.17) is 5.73 Å². The highest BCUT2D eigenvalue weighted by Gasteiger charge is 2.53. The SMILES string of the molecule is CCC(CC)(NC(=O)C1(c2ccc(N)cc2)CC1)C(=O)O. The van der Waals surface area contributed by atoms with Gasteiger partial charge in [-0.3, -0.25) is 4.79 Å². The van der Waals surface area contributed by atoms with Crippen molar-refractivity contribution in [3.63, 3.8) is 0 Å². The first-order chi connectivity index (χ1) is 9.90. The first-order valence-electron chi connectivity index (χ1n) is 7.32. The highest BCUT2D eigenvalue weighted by Crippen LogP contribution is 2.49. The molecular formula is C16H22N2O3.